The van der Waals surface area contributed by atoms with Gasteiger partial charge in [0, 0.05) is 24.7 Å². The van der Waals surface area contributed by atoms with Crippen molar-refractivity contribution in [3.8, 4) is 0 Å². The zero-order chi connectivity index (χ0) is 12.3. The Kier molecular flexibility index (Phi) is 4.48. The molecule has 0 unspecified atom stereocenters. The van der Waals surface area contributed by atoms with Crippen LogP contribution in [0.1, 0.15) is 58.8 Å². The van der Waals surface area contributed by atoms with E-state index in [1.165, 1.54) is 58.0 Å². The summed E-state index contributed by atoms with van der Waals surface area (Å²) in [6.45, 7) is 7.33. The highest BCUT2D eigenvalue weighted by Crippen LogP contribution is 2.32. The number of piperidine rings is 1. The number of hydrogen-bond acceptors (Lipinski definition) is 2. The molecule has 0 amide bonds. The maximum Gasteiger partial charge on any atom is 0.0174 e. The minimum Gasteiger partial charge on any atom is -0.314 e. The van der Waals surface area contributed by atoms with Crippen LogP contribution in [-0.2, 0) is 0 Å². The van der Waals surface area contributed by atoms with E-state index in [4.69, 9.17) is 0 Å². The third kappa shape index (κ3) is 3.23. The summed E-state index contributed by atoms with van der Waals surface area (Å²) in [6, 6.07) is 0.902. The normalized spacial score (nSPS) is 34.8. The van der Waals surface area contributed by atoms with Crippen LogP contribution in [0.4, 0.5) is 0 Å². The van der Waals surface area contributed by atoms with E-state index in [0.29, 0.717) is 5.54 Å². The fourth-order valence-electron chi connectivity index (χ4n) is 3.55. The molecule has 1 heterocycles. The van der Waals surface area contributed by atoms with Crippen molar-refractivity contribution in [2.45, 2.75) is 70.4 Å². The predicted octanol–water partition coefficient (Wildman–Crippen LogP) is 3.03. The second-order valence-electron chi connectivity index (χ2n) is 6.43. The molecule has 1 saturated carbocycles. The molecule has 100 valence electrons. The minimum atomic E-state index is 0.400. The lowest BCUT2D eigenvalue weighted by atomic mass is 9.82. The molecule has 0 radical (unpaired) electrons. The van der Waals surface area contributed by atoms with Crippen LogP contribution in [0.2, 0.25) is 0 Å². The van der Waals surface area contributed by atoms with Crippen molar-refractivity contribution in [3.05, 3.63) is 0 Å². The molecule has 2 nitrogen and oxygen atoms in total. The summed E-state index contributed by atoms with van der Waals surface area (Å²) in [4.78, 5) is 2.77. The molecule has 0 spiro atoms. The van der Waals surface area contributed by atoms with Gasteiger partial charge in [-0.05, 0) is 58.4 Å². The zero-order valence-electron chi connectivity index (χ0n) is 12.0. The highest BCUT2D eigenvalue weighted by Gasteiger charge is 2.32. The lowest BCUT2D eigenvalue weighted by molar-refractivity contribution is 0.0795. The van der Waals surface area contributed by atoms with Crippen molar-refractivity contribution in [1.82, 2.24) is 10.2 Å². The maximum atomic E-state index is 3.49. The van der Waals surface area contributed by atoms with Gasteiger partial charge in [0.05, 0.1) is 0 Å². The molecule has 1 saturated heterocycles. The second kappa shape index (κ2) is 5.71. The van der Waals surface area contributed by atoms with Crippen molar-refractivity contribution in [1.29, 1.82) is 0 Å². The van der Waals surface area contributed by atoms with Crippen molar-refractivity contribution < 1.29 is 0 Å². The highest BCUT2D eigenvalue weighted by atomic mass is 15.2. The quantitative estimate of drug-likeness (QED) is 0.813. The summed E-state index contributed by atoms with van der Waals surface area (Å²) in [7, 11) is 2.11. The average Bonchev–Trinajstić information content (AvgIpc) is 2.40. The molecular weight excluding hydrogens is 208 g/mol. The van der Waals surface area contributed by atoms with Crippen LogP contribution < -0.4 is 5.32 Å². The van der Waals surface area contributed by atoms with Gasteiger partial charge in [0.15, 0.2) is 0 Å². The minimum absolute atomic E-state index is 0.400. The van der Waals surface area contributed by atoms with Crippen molar-refractivity contribution in [3.63, 3.8) is 0 Å². The molecule has 0 aromatic rings. The first-order valence-electron chi connectivity index (χ1n) is 7.60. The fourth-order valence-corrected chi connectivity index (χ4v) is 3.55. The van der Waals surface area contributed by atoms with Gasteiger partial charge in [0.1, 0.15) is 0 Å². The first kappa shape index (κ1) is 13.4. The highest BCUT2D eigenvalue weighted by molar-refractivity contribution is 4.91. The first-order chi connectivity index (χ1) is 8.17. The van der Waals surface area contributed by atoms with Crippen molar-refractivity contribution in [2.75, 3.05) is 20.1 Å². The van der Waals surface area contributed by atoms with Gasteiger partial charge in [-0.3, -0.25) is 0 Å². The molecule has 0 aromatic heterocycles. The monoisotopic (exact) mass is 238 g/mol. The van der Waals surface area contributed by atoms with Gasteiger partial charge in [0.25, 0.3) is 0 Å². The van der Waals surface area contributed by atoms with Gasteiger partial charge in [-0.2, -0.15) is 0 Å². The molecule has 2 fully saturated rings. The Bertz CT molecular complexity index is 223. The third-order valence-corrected chi connectivity index (χ3v) is 5.42. The molecule has 0 atom stereocenters. The molecule has 17 heavy (non-hydrogen) atoms. The van der Waals surface area contributed by atoms with Crippen LogP contribution >= 0.6 is 0 Å². The average molecular weight is 238 g/mol. The largest absolute Gasteiger partial charge is 0.314 e. The number of likely N-dealkylation sites (tertiary alicyclic amines) is 1. The fraction of sp³-hybridized carbons (Fsp3) is 1.00. The van der Waals surface area contributed by atoms with E-state index >= 15 is 0 Å². The summed E-state index contributed by atoms with van der Waals surface area (Å²) >= 11 is 0. The number of rotatable bonds is 3. The Balaban J connectivity index is 1.78. The summed E-state index contributed by atoms with van der Waals surface area (Å²) < 4.78 is 0. The Hall–Kier alpha value is -0.0800. The van der Waals surface area contributed by atoms with E-state index in [1.54, 1.807) is 0 Å². The zero-order valence-corrected chi connectivity index (χ0v) is 12.0. The van der Waals surface area contributed by atoms with Crippen LogP contribution in [0.3, 0.4) is 0 Å². The van der Waals surface area contributed by atoms with Gasteiger partial charge in [-0.25, -0.2) is 0 Å². The Labute approximate surface area is 107 Å². The summed E-state index contributed by atoms with van der Waals surface area (Å²) in [6.07, 6.45) is 9.88. The molecule has 2 heteroatoms. The predicted molar refractivity (Wildman–Crippen MR) is 74.3 cm³/mol. The van der Waals surface area contributed by atoms with Crippen molar-refractivity contribution >= 4 is 0 Å². The molecule has 1 N–H and O–H groups in total. The van der Waals surface area contributed by atoms with E-state index in [9.17, 15) is 0 Å². The molecule has 1 aliphatic heterocycles. The standard InChI is InChI=1S/C15H30N2/c1-4-13-5-7-14(8-6-13)17-11-9-15(2,16-3)10-12-17/h13-14,16H,4-12H2,1-3H3. The summed E-state index contributed by atoms with van der Waals surface area (Å²) in [5.41, 5.74) is 0.400. The van der Waals surface area contributed by atoms with E-state index in [2.05, 4.69) is 31.1 Å². The summed E-state index contributed by atoms with van der Waals surface area (Å²) in [5, 5.41) is 3.49. The van der Waals surface area contributed by atoms with Crippen molar-refractivity contribution in [2.24, 2.45) is 5.92 Å². The van der Waals surface area contributed by atoms with E-state index in [0.717, 1.165) is 12.0 Å². The number of nitrogens with zero attached hydrogens (tertiary/aromatic N) is 1. The first-order valence-corrected chi connectivity index (χ1v) is 7.60. The molecule has 2 rings (SSSR count). The SMILES string of the molecule is CCC1CCC(N2CCC(C)(NC)CC2)CC1. The Morgan fingerprint density at radius 1 is 1.12 bits per heavy atom. The molecule has 0 aromatic carbocycles. The van der Waals surface area contributed by atoms with Gasteiger partial charge >= 0.3 is 0 Å². The van der Waals surface area contributed by atoms with E-state index < -0.39 is 0 Å². The van der Waals surface area contributed by atoms with E-state index in [-0.39, 0.29) is 0 Å². The van der Waals surface area contributed by atoms with Gasteiger partial charge in [-0.1, -0.05) is 13.3 Å². The van der Waals surface area contributed by atoms with Gasteiger partial charge in [-0.15, -0.1) is 0 Å². The molecule has 0 bridgehead atoms. The lowest BCUT2D eigenvalue weighted by Crippen LogP contribution is -2.52. The van der Waals surface area contributed by atoms with Crippen LogP contribution in [0.15, 0.2) is 0 Å². The Morgan fingerprint density at radius 3 is 2.18 bits per heavy atom. The van der Waals surface area contributed by atoms with E-state index in [1.807, 2.05) is 0 Å². The molecule has 1 aliphatic carbocycles. The van der Waals surface area contributed by atoms with Crippen LogP contribution in [0.5, 0.6) is 0 Å². The number of nitrogens with one attached hydrogen (secondary N) is 1. The van der Waals surface area contributed by atoms with Crippen LogP contribution in [0, 0.1) is 5.92 Å². The molecule has 2 aliphatic rings. The second-order valence-corrected chi connectivity index (χ2v) is 6.43. The number of hydrogen-bond donors (Lipinski definition) is 1. The summed E-state index contributed by atoms with van der Waals surface area (Å²) in [5.74, 6) is 1.03. The van der Waals surface area contributed by atoms with Gasteiger partial charge in [0.2, 0.25) is 0 Å². The third-order valence-electron chi connectivity index (χ3n) is 5.42. The Morgan fingerprint density at radius 2 is 1.71 bits per heavy atom. The smallest absolute Gasteiger partial charge is 0.0174 e. The topological polar surface area (TPSA) is 15.3 Å². The maximum absolute atomic E-state index is 3.49. The lowest BCUT2D eigenvalue weighted by Gasteiger charge is -2.44. The van der Waals surface area contributed by atoms with Gasteiger partial charge < -0.3 is 10.2 Å². The van der Waals surface area contributed by atoms with Crippen LogP contribution in [0.25, 0.3) is 0 Å². The van der Waals surface area contributed by atoms with Crippen LogP contribution in [-0.4, -0.2) is 36.6 Å². The molecular formula is C15H30N2.